The molecule has 1 unspecified atom stereocenters. The number of amides is 1. The van der Waals surface area contributed by atoms with E-state index in [0.29, 0.717) is 11.3 Å². The molecule has 0 aliphatic carbocycles. The van der Waals surface area contributed by atoms with E-state index < -0.39 is 6.10 Å². The molecule has 0 radical (unpaired) electrons. The standard InChI is InChI=1S/C12H13NO3S/c1-8-2-3-11(16-8)10(14)6-13-12(15)9-4-5-17-7-9/h2-5,7,10,14H,6H2,1H3,(H,13,15). The second-order valence-corrected chi connectivity index (χ2v) is 4.47. The first kappa shape index (κ1) is 11.9. The third kappa shape index (κ3) is 2.95. The molecule has 90 valence electrons. The van der Waals surface area contributed by atoms with Crippen molar-refractivity contribution in [2.24, 2.45) is 0 Å². The van der Waals surface area contributed by atoms with Crippen molar-refractivity contribution in [3.8, 4) is 0 Å². The smallest absolute Gasteiger partial charge is 0.252 e. The van der Waals surface area contributed by atoms with Gasteiger partial charge in [0.15, 0.2) is 0 Å². The third-order valence-electron chi connectivity index (χ3n) is 2.33. The quantitative estimate of drug-likeness (QED) is 0.874. The van der Waals surface area contributed by atoms with E-state index in [1.807, 2.05) is 5.38 Å². The summed E-state index contributed by atoms with van der Waals surface area (Å²) >= 11 is 1.46. The molecule has 2 heterocycles. The van der Waals surface area contributed by atoms with Gasteiger partial charge in [-0.05, 0) is 30.5 Å². The minimum atomic E-state index is -0.814. The number of hydrogen-bond donors (Lipinski definition) is 2. The maximum atomic E-state index is 11.6. The van der Waals surface area contributed by atoms with Crippen molar-refractivity contribution >= 4 is 17.2 Å². The van der Waals surface area contributed by atoms with Gasteiger partial charge in [-0.1, -0.05) is 0 Å². The van der Waals surface area contributed by atoms with Crippen LogP contribution in [-0.4, -0.2) is 17.6 Å². The molecule has 1 atom stereocenters. The van der Waals surface area contributed by atoms with Gasteiger partial charge in [-0.2, -0.15) is 11.3 Å². The zero-order chi connectivity index (χ0) is 12.3. The van der Waals surface area contributed by atoms with Gasteiger partial charge < -0.3 is 14.8 Å². The predicted octanol–water partition coefficient (Wildman–Crippen LogP) is 2.11. The first-order valence-electron chi connectivity index (χ1n) is 5.21. The number of rotatable bonds is 4. The highest BCUT2D eigenvalue weighted by Gasteiger charge is 2.13. The number of thiophene rings is 1. The molecule has 2 rings (SSSR count). The highest BCUT2D eigenvalue weighted by atomic mass is 32.1. The maximum absolute atomic E-state index is 11.6. The summed E-state index contributed by atoms with van der Waals surface area (Å²) in [6.45, 7) is 1.95. The Morgan fingerprint density at radius 1 is 1.53 bits per heavy atom. The molecular weight excluding hydrogens is 238 g/mol. The number of aliphatic hydroxyl groups is 1. The highest BCUT2D eigenvalue weighted by Crippen LogP contribution is 2.15. The van der Waals surface area contributed by atoms with E-state index in [9.17, 15) is 9.90 Å². The number of carbonyl (C=O) groups excluding carboxylic acids is 1. The first-order chi connectivity index (χ1) is 8.16. The van der Waals surface area contributed by atoms with E-state index in [0.717, 1.165) is 5.76 Å². The Balaban J connectivity index is 1.88. The average molecular weight is 251 g/mol. The highest BCUT2D eigenvalue weighted by molar-refractivity contribution is 7.08. The van der Waals surface area contributed by atoms with Crippen LogP contribution < -0.4 is 5.32 Å². The molecular formula is C12H13NO3S. The molecule has 0 aromatic carbocycles. The van der Waals surface area contributed by atoms with Crippen LogP contribution in [0.4, 0.5) is 0 Å². The Morgan fingerprint density at radius 2 is 2.35 bits per heavy atom. The van der Waals surface area contributed by atoms with Gasteiger partial charge in [-0.25, -0.2) is 0 Å². The van der Waals surface area contributed by atoms with E-state index in [-0.39, 0.29) is 12.5 Å². The Labute approximate surface area is 103 Å². The molecule has 0 fully saturated rings. The van der Waals surface area contributed by atoms with Crippen LogP contribution in [0.3, 0.4) is 0 Å². The second-order valence-electron chi connectivity index (χ2n) is 3.69. The van der Waals surface area contributed by atoms with Crippen LogP contribution in [0.1, 0.15) is 28.0 Å². The summed E-state index contributed by atoms with van der Waals surface area (Å²) in [4.78, 5) is 11.6. The molecule has 0 aliphatic rings. The zero-order valence-corrected chi connectivity index (χ0v) is 10.2. The van der Waals surface area contributed by atoms with E-state index in [2.05, 4.69) is 5.32 Å². The van der Waals surface area contributed by atoms with Crippen molar-refractivity contribution in [2.75, 3.05) is 6.54 Å². The van der Waals surface area contributed by atoms with Crippen molar-refractivity contribution in [1.29, 1.82) is 0 Å². The molecule has 2 aromatic heterocycles. The lowest BCUT2D eigenvalue weighted by molar-refractivity contribution is 0.0901. The van der Waals surface area contributed by atoms with Gasteiger partial charge in [-0.3, -0.25) is 4.79 Å². The summed E-state index contributed by atoms with van der Waals surface area (Å²) in [6, 6.07) is 5.22. The molecule has 0 saturated carbocycles. The van der Waals surface area contributed by atoms with E-state index in [1.54, 1.807) is 30.5 Å². The lowest BCUT2D eigenvalue weighted by Gasteiger charge is -2.08. The normalized spacial score (nSPS) is 12.4. The number of nitrogens with one attached hydrogen (secondary N) is 1. The molecule has 1 amide bonds. The molecule has 0 saturated heterocycles. The maximum Gasteiger partial charge on any atom is 0.252 e. The number of aryl methyl sites for hydroxylation is 1. The van der Waals surface area contributed by atoms with Gasteiger partial charge in [-0.15, -0.1) is 0 Å². The summed E-state index contributed by atoms with van der Waals surface area (Å²) in [7, 11) is 0. The third-order valence-corrected chi connectivity index (χ3v) is 3.01. The molecule has 2 aromatic rings. The fourth-order valence-electron chi connectivity index (χ4n) is 1.42. The van der Waals surface area contributed by atoms with E-state index in [4.69, 9.17) is 4.42 Å². The molecule has 17 heavy (non-hydrogen) atoms. The molecule has 0 aliphatic heterocycles. The van der Waals surface area contributed by atoms with Gasteiger partial charge in [0.05, 0.1) is 6.54 Å². The van der Waals surface area contributed by atoms with Crippen molar-refractivity contribution in [3.63, 3.8) is 0 Å². The summed E-state index contributed by atoms with van der Waals surface area (Å²) in [6.07, 6.45) is -0.814. The van der Waals surface area contributed by atoms with Crippen molar-refractivity contribution < 1.29 is 14.3 Å². The Bertz CT molecular complexity index is 490. The largest absolute Gasteiger partial charge is 0.464 e. The second kappa shape index (κ2) is 5.16. The Morgan fingerprint density at radius 3 is 2.94 bits per heavy atom. The summed E-state index contributed by atoms with van der Waals surface area (Å²) in [5.41, 5.74) is 0.609. The monoisotopic (exact) mass is 251 g/mol. The molecule has 2 N–H and O–H groups in total. The molecule has 4 nitrogen and oxygen atoms in total. The minimum Gasteiger partial charge on any atom is -0.464 e. The van der Waals surface area contributed by atoms with Crippen molar-refractivity contribution in [3.05, 3.63) is 46.0 Å². The summed E-state index contributed by atoms with van der Waals surface area (Å²) in [5.74, 6) is 1.02. The number of hydrogen-bond acceptors (Lipinski definition) is 4. The van der Waals surface area contributed by atoms with Gasteiger partial charge in [0.2, 0.25) is 0 Å². The van der Waals surface area contributed by atoms with Crippen LogP contribution in [0.15, 0.2) is 33.4 Å². The van der Waals surface area contributed by atoms with E-state index in [1.165, 1.54) is 11.3 Å². The summed E-state index contributed by atoms with van der Waals surface area (Å²) < 4.78 is 5.27. The SMILES string of the molecule is Cc1ccc(C(O)CNC(=O)c2ccsc2)o1. The molecule has 0 bridgehead atoms. The Hall–Kier alpha value is -1.59. The van der Waals surface area contributed by atoms with Crippen LogP contribution in [0, 0.1) is 6.92 Å². The fourth-order valence-corrected chi connectivity index (χ4v) is 2.05. The van der Waals surface area contributed by atoms with Gasteiger partial charge >= 0.3 is 0 Å². The predicted molar refractivity (Wildman–Crippen MR) is 65.1 cm³/mol. The van der Waals surface area contributed by atoms with Crippen LogP contribution in [0.25, 0.3) is 0 Å². The number of furan rings is 1. The minimum absolute atomic E-state index is 0.141. The number of aliphatic hydroxyl groups excluding tert-OH is 1. The van der Waals surface area contributed by atoms with Gasteiger partial charge in [0.25, 0.3) is 5.91 Å². The molecule has 5 heteroatoms. The van der Waals surface area contributed by atoms with Crippen LogP contribution >= 0.6 is 11.3 Å². The van der Waals surface area contributed by atoms with Crippen LogP contribution in [0.2, 0.25) is 0 Å². The zero-order valence-electron chi connectivity index (χ0n) is 9.34. The van der Waals surface area contributed by atoms with E-state index >= 15 is 0 Å². The fraction of sp³-hybridized carbons (Fsp3) is 0.250. The topological polar surface area (TPSA) is 62.5 Å². The molecule has 0 spiro atoms. The van der Waals surface area contributed by atoms with Crippen molar-refractivity contribution in [1.82, 2.24) is 5.32 Å². The van der Waals surface area contributed by atoms with Crippen molar-refractivity contribution in [2.45, 2.75) is 13.0 Å². The van der Waals surface area contributed by atoms with Gasteiger partial charge in [0, 0.05) is 10.9 Å². The van der Waals surface area contributed by atoms with Crippen LogP contribution in [0.5, 0.6) is 0 Å². The Kier molecular flexibility index (Phi) is 3.61. The lowest BCUT2D eigenvalue weighted by atomic mass is 10.2. The van der Waals surface area contributed by atoms with Gasteiger partial charge in [0.1, 0.15) is 17.6 Å². The van der Waals surface area contributed by atoms with Crippen LogP contribution in [-0.2, 0) is 0 Å². The lowest BCUT2D eigenvalue weighted by Crippen LogP contribution is -2.27. The average Bonchev–Trinajstić information content (AvgIpc) is 2.95. The summed E-state index contributed by atoms with van der Waals surface area (Å²) in [5, 5.41) is 16.0. The first-order valence-corrected chi connectivity index (χ1v) is 6.16. The number of carbonyl (C=O) groups is 1.